The summed E-state index contributed by atoms with van der Waals surface area (Å²) in [6, 6.07) is 0. The van der Waals surface area contributed by atoms with E-state index >= 15 is 0 Å². The zero-order valence-electron chi connectivity index (χ0n) is 10.7. The Hall–Kier alpha value is -0.583. The van der Waals surface area contributed by atoms with Crippen molar-refractivity contribution in [2.75, 3.05) is 26.4 Å². The topological polar surface area (TPSA) is 120 Å². The van der Waals surface area contributed by atoms with E-state index in [4.69, 9.17) is 27.9 Å². The van der Waals surface area contributed by atoms with Crippen LogP contribution in [0.15, 0.2) is 0 Å². The summed E-state index contributed by atoms with van der Waals surface area (Å²) >= 11 is 0. The summed E-state index contributed by atoms with van der Waals surface area (Å²) in [5.41, 5.74) is 0. The summed E-state index contributed by atoms with van der Waals surface area (Å²) in [4.78, 5) is 7.88. The lowest BCUT2D eigenvalue weighted by atomic mass is 10.9. The SMILES string of the molecule is CCO[Si](OCC)(OCC)OCC.O.O=[O+][O-]. The molecule has 17 heavy (non-hydrogen) atoms. The van der Waals surface area contributed by atoms with Crippen LogP contribution in [0, 0.1) is 9.71 Å². The van der Waals surface area contributed by atoms with Crippen molar-refractivity contribution in [3.63, 3.8) is 0 Å². The van der Waals surface area contributed by atoms with Crippen molar-refractivity contribution < 1.29 is 28.4 Å². The molecule has 106 valence electrons. The standard InChI is InChI=1S/C8H20O4Si.O3.H2O/c1-5-9-13(10-6-2,11-7-3)12-8-4;1-3-2;/h5-8H2,1-4H3;;1H2. The first kappa shape index (κ1) is 21.7. The maximum Gasteiger partial charge on any atom is 0.679 e. The fourth-order valence-electron chi connectivity index (χ4n) is 0.957. The molecule has 0 amide bonds. The van der Waals surface area contributed by atoms with Crippen LogP contribution in [-0.2, 0) is 17.7 Å². The lowest BCUT2D eigenvalue weighted by Gasteiger charge is -2.26. The van der Waals surface area contributed by atoms with Gasteiger partial charge < -0.3 is 23.2 Å². The fraction of sp³-hybridized carbons (Fsp3) is 1.00. The summed E-state index contributed by atoms with van der Waals surface area (Å²) in [5, 5.41) is 7.88. The molecule has 0 bridgehead atoms. The molecule has 0 aromatic heterocycles. The predicted molar refractivity (Wildman–Crippen MR) is 62.6 cm³/mol. The smallest absolute Gasteiger partial charge is 0.412 e. The van der Waals surface area contributed by atoms with Crippen molar-refractivity contribution >= 4 is 9.05 Å². The molecule has 0 aliphatic carbocycles. The quantitative estimate of drug-likeness (QED) is 0.257. The first-order valence-electron chi connectivity index (χ1n) is 5.13. The molecule has 0 aromatic rings. The summed E-state index contributed by atoms with van der Waals surface area (Å²) in [6.45, 7) is 9.80. The van der Waals surface area contributed by atoms with E-state index in [0.29, 0.717) is 26.4 Å². The molecule has 9 heteroatoms. The van der Waals surface area contributed by atoms with Crippen LogP contribution < -0.4 is 5.26 Å². The zero-order chi connectivity index (χ0) is 12.9. The Labute approximate surface area is 102 Å². The van der Waals surface area contributed by atoms with Crippen LogP contribution in [0.5, 0.6) is 0 Å². The third-order valence-corrected chi connectivity index (χ3v) is 3.85. The molecule has 0 radical (unpaired) electrons. The van der Waals surface area contributed by atoms with E-state index in [2.05, 4.69) is 0 Å². The van der Waals surface area contributed by atoms with Gasteiger partial charge in [-0.2, -0.15) is 0 Å². The van der Waals surface area contributed by atoms with E-state index in [0.717, 1.165) is 0 Å². The Balaban J connectivity index is -0.000000440. The van der Waals surface area contributed by atoms with Crippen LogP contribution in [0.3, 0.4) is 0 Å². The minimum absolute atomic E-state index is 0. The van der Waals surface area contributed by atoms with E-state index in [1.807, 2.05) is 27.7 Å². The molecular formula is C8H22O8Si. The van der Waals surface area contributed by atoms with Crippen molar-refractivity contribution in [2.45, 2.75) is 27.7 Å². The van der Waals surface area contributed by atoms with Gasteiger partial charge in [-0.3, -0.25) is 0 Å². The summed E-state index contributed by atoms with van der Waals surface area (Å²) in [5.74, 6) is 0. The van der Waals surface area contributed by atoms with Gasteiger partial charge >= 0.3 is 9.05 Å². The predicted octanol–water partition coefficient (Wildman–Crippen LogP) is -0.379. The zero-order valence-corrected chi connectivity index (χ0v) is 11.7. The Morgan fingerprint density at radius 1 is 0.882 bits per heavy atom. The highest BCUT2D eigenvalue weighted by atomic mass is 28.4. The van der Waals surface area contributed by atoms with Crippen molar-refractivity contribution in [1.29, 1.82) is 0 Å². The molecule has 0 unspecified atom stereocenters. The second-order valence-electron chi connectivity index (χ2n) is 2.30. The van der Waals surface area contributed by atoms with Gasteiger partial charge in [0.15, 0.2) is 4.75 Å². The molecule has 0 aromatic carbocycles. The molecule has 0 saturated heterocycles. The summed E-state index contributed by atoms with van der Waals surface area (Å²) in [6.07, 6.45) is 0. The van der Waals surface area contributed by atoms with E-state index in [9.17, 15) is 0 Å². The number of hydrogen-bond donors (Lipinski definition) is 0. The van der Waals surface area contributed by atoms with Gasteiger partial charge in [-0.05, 0) is 27.7 Å². The summed E-state index contributed by atoms with van der Waals surface area (Å²) in [7, 11) is -2.80. The molecule has 0 saturated carbocycles. The van der Waals surface area contributed by atoms with Crippen LogP contribution in [0.4, 0.5) is 0 Å². The highest BCUT2D eigenvalue weighted by molar-refractivity contribution is 6.53. The summed E-state index contributed by atoms with van der Waals surface area (Å²) < 4.78 is 23.4. The average molecular weight is 274 g/mol. The normalized spacial score (nSPS) is 9.88. The van der Waals surface area contributed by atoms with Gasteiger partial charge in [0.05, 0.1) is 0 Å². The van der Waals surface area contributed by atoms with Gasteiger partial charge in [0.2, 0.25) is 0 Å². The Morgan fingerprint density at radius 3 is 1.18 bits per heavy atom. The van der Waals surface area contributed by atoms with Gasteiger partial charge in [-0.15, -0.1) is 0 Å². The largest absolute Gasteiger partial charge is 0.679 e. The van der Waals surface area contributed by atoms with Gasteiger partial charge in [-0.1, -0.05) is 10.2 Å². The molecular weight excluding hydrogens is 252 g/mol. The molecule has 0 fully saturated rings. The van der Waals surface area contributed by atoms with E-state index in [1.54, 1.807) is 4.75 Å². The Bertz CT molecular complexity index is 127. The second kappa shape index (κ2) is 15.4. The van der Waals surface area contributed by atoms with E-state index < -0.39 is 9.05 Å². The van der Waals surface area contributed by atoms with Crippen LogP contribution in [0.2, 0.25) is 0 Å². The maximum absolute atomic E-state index is 7.88. The van der Waals surface area contributed by atoms with Crippen molar-refractivity contribution in [3.8, 4) is 0 Å². The van der Waals surface area contributed by atoms with Crippen LogP contribution in [0.25, 0.3) is 0 Å². The van der Waals surface area contributed by atoms with Gasteiger partial charge in [-0.25, -0.2) is 0 Å². The highest BCUT2D eigenvalue weighted by Gasteiger charge is 2.44. The van der Waals surface area contributed by atoms with Gasteiger partial charge in [0.1, 0.15) is 0 Å². The first-order valence-corrected chi connectivity index (χ1v) is 6.77. The Kier molecular flexibility index (Phi) is 19.7. The third kappa shape index (κ3) is 11.7. The Morgan fingerprint density at radius 2 is 1.06 bits per heavy atom. The lowest BCUT2D eigenvalue weighted by Crippen LogP contribution is -2.49. The van der Waals surface area contributed by atoms with Gasteiger partial charge in [0.25, 0.3) is 0 Å². The van der Waals surface area contributed by atoms with Gasteiger partial charge in [0, 0.05) is 26.4 Å². The molecule has 0 aliphatic heterocycles. The molecule has 0 atom stereocenters. The van der Waals surface area contributed by atoms with Crippen molar-refractivity contribution in [1.82, 2.24) is 0 Å². The number of rotatable bonds is 8. The minimum atomic E-state index is -2.80. The maximum atomic E-state index is 7.88. The number of hydrogen-bond acceptors (Lipinski definition) is 6. The highest BCUT2D eigenvalue weighted by Crippen LogP contribution is 2.11. The minimum Gasteiger partial charge on any atom is -0.412 e. The average Bonchev–Trinajstić information content (AvgIpc) is 2.20. The van der Waals surface area contributed by atoms with Crippen LogP contribution in [0.1, 0.15) is 27.7 Å². The molecule has 0 spiro atoms. The molecule has 0 heterocycles. The van der Waals surface area contributed by atoms with Crippen LogP contribution >= 0.6 is 0 Å². The second-order valence-corrected chi connectivity index (χ2v) is 4.45. The van der Waals surface area contributed by atoms with Crippen LogP contribution in [-0.4, -0.2) is 41.0 Å². The van der Waals surface area contributed by atoms with Crippen molar-refractivity contribution in [2.24, 2.45) is 0 Å². The first-order chi connectivity index (χ1) is 7.66. The molecule has 8 nitrogen and oxygen atoms in total. The molecule has 0 rings (SSSR count). The van der Waals surface area contributed by atoms with Crippen molar-refractivity contribution in [3.05, 3.63) is 9.71 Å². The third-order valence-electron chi connectivity index (χ3n) is 1.28. The fourth-order valence-corrected chi connectivity index (χ4v) is 2.87. The molecule has 2 N–H and O–H groups in total. The van der Waals surface area contributed by atoms with E-state index in [1.165, 1.54) is 0 Å². The molecule has 0 aliphatic rings. The van der Waals surface area contributed by atoms with E-state index in [-0.39, 0.29) is 5.48 Å². The monoisotopic (exact) mass is 274 g/mol. The lowest BCUT2D eigenvalue weighted by molar-refractivity contribution is -0.284.